The van der Waals surface area contributed by atoms with E-state index in [0.717, 1.165) is 24.1 Å². The standard InChI is InChI=1S/C20H21Cl2NO2S/c1-26-15-9-7-13(8-10-15)19(16-5-2-6-17(21)18(16)22)23-11-3-4-14(12-23)20(24)25/h2,5-10,14,19H,3-4,11-12H2,1H3,(H,24,25). The fourth-order valence-corrected chi connectivity index (χ4v) is 4.37. The van der Waals surface area contributed by atoms with Crippen molar-refractivity contribution in [2.45, 2.75) is 23.8 Å². The van der Waals surface area contributed by atoms with Crippen molar-refractivity contribution >= 4 is 40.9 Å². The summed E-state index contributed by atoms with van der Waals surface area (Å²) in [6.07, 6.45) is 3.62. The molecule has 0 bridgehead atoms. The molecule has 3 rings (SSSR count). The maximum Gasteiger partial charge on any atom is 0.307 e. The van der Waals surface area contributed by atoms with Gasteiger partial charge in [0.1, 0.15) is 0 Å². The summed E-state index contributed by atoms with van der Waals surface area (Å²) in [7, 11) is 0. The van der Waals surface area contributed by atoms with Crippen LogP contribution in [-0.4, -0.2) is 35.3 Å². The van der Waals surface area contributed by atoms with Gasteiger partial charge < -0.3 is 5.11 Å². The number of piperidine rings is 1. The van der Waals surface area contributed by atoms with Crippen molar-refractivity contribution in [3.05, 3.63) is 63.6 Å². The molecular weight excluding hydrogens is 389 g/mol. The average Bonchev–Trinajstić information content (AvgIpc) is 2.66. The molecule has 138 valence electrons. The first-order valence-corrected chi connectivity index (χ1v) is 10.5. The Hall–Kier alpha value is -1.20. The van der Waals surface area contributed by atoms with Gasteiger partial charge in [-0.05, 0) is 55.0 Å². The Kier molecular flexibility index (Phi) is 6.51. The topological polar surface area (TPSA) is 40.5 Å². The Bertz CT molecular complexity index is 782. The van der Waals surface area contributed by atoms with Gasteiger partial charge >= 0.3 is 5.97 Å². The number of carboxylic acids is 1. The number of rotatable bonds is 5. The Balaban J connectivity index is 2.03. The van der Waals surface area contributed by atoms with Crippen LogP contribution < -0.4 is 0 Å². The molecular formula is C20H21Cl2NO2S. The third kappa shape index (κ3) is 4.20. The average molecular weight is 410 g/mol. The lowest BCUT2D eigenvalue weighted by atomic mass is 9.91. The van der Waals surface area contributed by atoms with Crippen molar-refractivity contribution in [2.75, 3.05) is 19.3 Å². The second-order valence-electron chi connectivity index (χ2n) is 6.49. The zero-order valence-electron chi connectivity index (χ0n) is 14.5. The van der Waals surface area contributed by atoms with Gasteiger partial charge in [0.2, 0.25) is 0 Å². The Morgan fingerprint density at radius 3 is 2.62 bits per heavy atom. The second kappa shape index (κ2) is 8.66. The van der Waals surface area contributed by atoms with E-state index in [1.165, 1.54) is 4.90 Å². The summed E-state index contributed by atoms with van der Waals surface area (Å²) in [6, 6.07) is 13.9. The van der Waals surface area contributed by atoms with Crippen molar-refractivity contribution in [3.8, 4) is 0 Å². The van der Waals surface area contributed by atoms with Crippen molar-refractivity contribution in [1.29, 1.82) is 0 Å². The van der Waals surface area contributed by atoms with Gasteiger partial charge in [-0.1, -0.05) is 47.5 Å². The summed E-state index contributed by atoms with van der Waals surface area (Å²) < 4.78 is 0. The number of carboxylic acid groups (broad SMARTS) is 1. The van der Waals surface area contributed by atoms with Gasteiger partial charge in [0.15, 0.2) is 0 Å². The molecule has 2 aromatic rings. The molecule has 26 heavy (non-hydrogen) atoms. The van der Waals surface area contributed by atoms with E-state index in [0.29, 0.717) is 23.0 Å². The minimum Gasteiger partial charge on any atom is -0.481 e. The minimum atomic E-state index is -0.733. The highest BCUT2D eigenvalue weighted by Gasteiger charge is 2.32. The summed E-state index contributed by atoms with van der Waals surface area (Å²) in [5, 5.41) is 10.5. The van der Waals surface area contributed by atoms with E-state index in [1.54, 1.807) is 17.8 Å². The molecule has 0 aliphatic carbocycles. The molecule has 0 aromatic heterocycles. The first kappa shape index (κ1) is 19.6. The summed E-state index contributed by atoms with van der Waals surface area (Å²) in [5.74, 6) is -1.09. The fourth-order valence-electron chi connectivity index (χ4n) is 3.55. The SMILES string of the molecule is CSc1ccc(C(c2cccc(Cl)c2Cl)N2CCCC(C(=O)O)C2)cc1. The van der Waals surface area contributed by atoms with E-state index in [1.807, 2.05) is 18.4 Å². The van der Waals surface area contributed by atoms with E-state index in [9.17, 15) is 9.90 Å². The highest BCUT2D eigenvalue weighted by atomic mass is 35.5. The number of aliphatic carboxylic acids is 1. The number of likely N-dealkylation sites (tertiary alicyclic amines) is 1. The van der Waals surface area contributed by atoms with Gasteiger partial charge in [-0.15, -0.1) is 11.8 Å². The maximum absolute atomic E-state index is 11.5. The predicted octanol–water partition coefficient (Wildman–Crippen LogP) is 5.60. The molecule has 1 aliphatic rings. The van der Waals surface area contributed by atoms with E-state index < -0.39 is 5.97 Å². The monoisotopic (exact) mass is 409 g/mol. The fraction of sp³-hybridized carbons (Fsp3) is 0.350. The zero-order valence-corrected chi connectivity index (χ0v) is 16.8. The molecule has 0 amide bonds. The third-order valence-electron chi connectivity index (χ3n) is 4.87. The molecule has 2 atom stereocenters. The summed E-state index contributed by atoms with van der Waals surface area (Å²) in [6.45, 7) is 1.34. The summed E-state index contributed by atoms with van der Waals surface area (Å²) >= 11 is 14.5. The van der Waals surface area contributed by atoms with Gasteiger partial charge in [0, 0.05) is 11.4 Å². The van der Waals surface area contributed by atoms with Crippen LogP contribution in [0.4, 0.5) is 0 Å². The van der Waals surface area contributed by atoms with E-state index in [-0.39, 0.29) is 12.0 Å². The van der Waals surface area contributed by atoms with E-state index in [4.69, 9.17) is 23.2 Å². The number of hydrogen-bond acceptors (Lipinski definition) is 3. The van der Waals surface area contributed by atoms with Gasteiger partial charge in [0.25, 0.3) is 0 Å². The molecule has 1 N–H and O–H groups in total. The molecule has 0 radical (unpaired) electrons. The molecule has 6 heteroatoms. The first-order valence-electron chi connectivity index (χ1n) is 8.56. The van der Waals surface area contributed by atoms with Gasteiger partial charge in [-0.2, -0.15) is 0 Å². The molecule has 2 aromatic carbocycles. The smallest absolute Gasteiger partial charge is 0.307 e. The van der Waals surface area contributed by atoms with E-state index >= 15 is 0 Å². The number of halogens is 2. The highest BCUT2D eigenvalue weighted by molar-refractivity contribution is 7.98. The molecule has 1 aliphatic heterocycles. The van der Waals surface area contributed by atoms with Crippen LogP contribution in [0.25, 0.3) is 0 Å². The van der Waals surface area contributed by atoms with Crippen molar-refractivity contribution < 1.29 is 9.90 Å². The van der Waals surface area contributed by atoms with Crippen LogP contribution in [0.1, 0.15) is 30.0 Å². The lowest BCUT2D eigenvalue weighted by molar-refractivity contribution is -0.143. The predicted molar refractivity (Wildman–Crippen MR) is 108 cm³/mol. The first-order chi connectivity index (χ1) is 12.5. The van der Waals surface area contributed by atoms with Crippen molar-refractivity contribution in [1.82, 2.24) is 4.90 Å². The number of carbonyl (C=O) groups is 1. The van der Waals surface area contributed by atoms with Crippen LogP contribution in [-0.2, 0) is 4.79 Å². The molecule has 2 unspecified atom stereocenters. The van der Waals surface area contributed by atoms with Crippen LogP contribution in [0.15, 0.2) is 47.4 Å². The molecule has 1 heterocycles. The van der Waals surface area contributed by atoms with Crippen molar-refractivity contribution in [2.24, 2.45) is 5.92 Å². The number of nitrogens with zero attached hydrogens (tertiary/aromatic N) is 1. The quantitative estimate of drug-likeness (QED) is 0.652. The Labute approximate surface area is 168 Å². The van der Waals surface area contributed by atoms with Crippen LogP contribution in [0, 0.1) is 5.92 Å². The molecule has 1 saturated heterocycles. The molecule has 3 nitrogen and oxygen atoms in total. The van der Waals surface area contributed by atoms with Gasteiger partial charge in [-0.25, -0.2) is 0 Å². The number of hydrogen-bond donors (Lipinski definition) is 1. The lowest BCUT2D eigenvalue weighted by Gasteiger charge is -2.38. The Morgan fingerprint density at radius 2 is 1.96 bits per heavy atom. The highest BCUT2D eigenvalue weighted by Crippen LogP contribution is 2.39. The minimum absolute atomic E-state index is 0.112. The third-order valence-corrected chi connectivity index (χ3v) is 6.45. The van der Waals surface area contributed by atoms with Crippen LogP contribution in [0.3, 0.4) is 0 Å². The number of thioether (sulfide) groups is 1. The summed E-state index contributed by atoms with van der Waals surface area (Å²) in [4.78, 5) is 14.9. The largest absolute Gasteiger partial charge is 0.481 e. The zero-order chi connectivity index (χ0) is 18.7. The Morgan fingerprint density at radius 1 is 1.23 bits per heavy atom. The maximum atomic E-state index is 11.5. The normalized spacial score (nSPS) is 19.3. The summed E-state index contributed by atoms with van der Waals surface area (Å²) in [5.41, 5.74) is 2.01. The van der Waals surface area contributed by atoms with Gasteiger partial charge in [0.05, 0.1) is 22.0 Å². The molecule has 0 saturated carbocycles. The lowest BCUT2D eigenvalue weighted by Crippen LogP contribution is -2.41. The van der Waals surface area contributed by atoms with Gasteiger partial charge in [-0.3, -0.25) is 9.69 Å². The second-order valence-corrected chi connectivity index (χ2v) is 8.16. The van der Waals surface area contributed by atoms with E-state index in [2.05, 4.69) is 29.2 Å². The molecule has 1 fully saturated rings. The van der Waals surface area contributed by atoms with Crippen LogP contribution in [0.2, 0.25) is 10.0 Å². The number of benzene rings is 2. The van der Waals surface area contributed by atoms with Crippen molar-refractivity contribution in [3.63, 3.8) is 0 Å². The van der Waals surface area contributed by atoms with Crippen LogP contribution in [0.5, 0.6) is 0 Å². The van der Waals surface area contributed by atoms with Crippen LogP contribution >= 0.6 is 35.0 Å². The molecule has 0 spiro atoms.